The molecule has 0 radical (unpaired) electrons. The fraction of sp³-hybridized carbons (Fsp3) is 0.368. The summed E-state index contributed by atoms with van der Waals surface area (Å²) < 4.78 is 29.4. The maximum atomic E-state index is 12.7. The molecule has 5 N–H and O–H groups in total. The highest BCUT2D eigenvalue weighted by atomic mass is 32.2. The second kappa shape index (κ2) is 8.68. The van der Waals surface area contributed by atoms with Gasteiger partial charge in [-0.05, 0) is 25.5 Å². The Kier molecular flexibility index (Phi) is 5.95. The first-order chi connectivity index (χ1) is 15.2. The zero-order valence-electron chi connectivity index (χ0n) is 17.2. The molecule has 2 aromatic heterocycles. The van der Waals surface area contributed by atoms with E-state index in [0.29, 0.717) is 19.5 Å². The smallest absolute Gasteiger partial charge is 0.327 e. The second-order valence-electron chi connectivity index (χ2n) is 7.74. The number of imidazole rings is 1. The van der Waals surface area contributed by atoms with Crippen LogP contribution in [-0.2, 0) is 21.5 Å². The van der Waals surface area contributed by atoms with Crippen molar-refractivity contribution in [3.63, 3.8) is 0 Å². The third kappa shape index (κ3) is 4.64. The summed E-state index contributed by atoms with van der Waals surface area (Å²) in [5.41, 5.74) is -0.0718. The van der Waals surface area contributed by atoms with Gasteiger partial charge in [-0.3, -0.25) is 24.1 Å². The molecular weight excluding hydrogens is 438 g/mol. The van der Waals surface area contributed by atoms with Crippen molar-refractivity contribution in [3.8, 4) is 0 Å². The number of carbonyl (C=O) groups is 1. The maximum absolute atomic E-state index is 12.7. The number of hydrogen-bond acceptors (Lipinski definition) is 7. The summed E-state index contributed by atoms with van der Waals surface area (Å²) in [5.74, 6) is -0.752. The molecule has 12 nitrogen and oxygen atoms in total. The molecule has 1 saturated heterocycles. The Morgan fingerprint density at radius 1 is 1.19 bits per heavy atom. The van der Waals surface area contributed by atoms with Gasteiger partial charge in [0.05, 0.1) is 23.8 Å². The normalized spacial score (nSPS) is 19.2. The molecule has 1 aromatic carbocycles. The Balaban J connectivity index is 1.39. The van der Waals surface area contributed by atoms with Gasteiger partial charge >= 0.3 is 5.69 Å². The number of benzene rings is 1. The van der Waals surface area contributed by atoms with Crippen molar-refractivity contribution in [1.29, 1.82) is 0 Å². The van der Waals surface area contributed by atoms with Gasteiger partial charge < -0.3 is 10.6 Å². The summed E-state index contributed by atoms with van der Waals surface area (Å²) in [6.45, 7) is 2.67. The van der Waals surface area contributed by atoms with E-state index in [1.807, 2.05) is 6.92 Å². The zero-order chi connectivity index (χ0) is 22.9. The molecule has 32 heavy (non-hydrogen) atoms. The zero-order valence-corrected chi connectivity index (χ0v) is 18.0. The standard InChI is InChI=1S/C19H23N7O5S/c1-11-2-4-14(5-3-11)32(30,31)25-13-6-12(7-20-8-13)17(27)22-10-26-9-21-15-16(26)23-19(29)24-18(15)28/h2-5,9,12-13,20,25H,6-8,10H2,1H3,(H,22,27)(H2,23,24,28,29)/t12-,13+/m0/s1. The van der Waals surface area contributed by atoms with Crippen LogP contribution in [0.25, 0.3) is 11.2 Å². The first kappa shape index (κ1) is 21.9. The number of sulfonamides is 1. The van der Waals surface area contributed by atoms with Gasteiger partial charge in [0.15, 0.2) is 5.52 Å². The van der Waals surface area contributed by atoms with E-state index < -0.39 is 33.2 Å². The van der Waals surface area contributed by atoms with Crippen LogP contribution in [0.15, 0.2) is 45.1 Å². The highest BCUT2D eigenvalue weighted by molar-refractivity contribution is 7.89. The van der Waals surface area contributed by atoms with Gasteiger partial charge in [0.25, 0.3) is 5.56 Å². The van der Waals surface area contributed by atoms with Crippen molar-refractivity contribution < 1.29 is 13.2 Å². The average molecular weight is 462 g/mol. The van der Waals surface area contributed by atoms with Crippen molar-refractivity contribution in [2.75, 3.05) is 13.1 Å². The molecule has 1 aliphatic heterocycles. The second-order valence-corrected chi connectivity index (χ2v) is 9.46. The number of fused-ring (bicyclic) bond motifs is 1. The summed E-state index contributed by atoms with van der Waals surface area (Å²) in [6, 6.07) is 6.09. The van der Waals surface area contributed by atoms with Gasteiger partial charge in [-0.1, -0.05) is 17.7 Å². The number of aryl methyl sites for hydroxylation is 1. The van der Waals surface area contributed by atoms with Gasteiger partial charge in [0.2, 0.25) is 15.9 Å². The number of hydrogen-bond donors (Lipinski definition) is 5. The molecule has 1 aliphatic rings. The van der Waals surface area contributed by atoms with Crippen LogP contribution in [0.4, 0.5) is 0 Å². The van der Waals surface area contributed by atoms with Crippen molar-refractivity contribution >= 4 is 27.1 Å². The monoisotopic (exact) mass is 461 g/mol. The molecule has 0 spiro atoms. The van der Waals surface area contributed by atoms with Crippen LogP contribution in [0.1, 0.15) is 12.0 Å². The fourth-order valence-electron chi connectivity index (χ4n) is 3.64. The number of aromatic nitrogens is 4. The van der Waals surface area contributed by atoms with Crippen molar-refractivity contribution in [2.24, 2.45) is 5.92 Å². The lowest BCUT2D eigenvalue weighted by Gasteiger charge is -2.29. The Morgan fingerprint density at radius 2 is 1.94 bits per heavy atom. The molecule has 4 rings (SSSR count). The average Bonchev–Trinajstić information content (AvgIpc) is 3.15. The third-order valence-electron chi connectivity index (χ3n) is 5.31. The van der Waals surface area contributed by atoms with E-state index in [9.17, 15) is 22.8 Å². The van der Waals surface area contributed by atoms with Gasteiger partial charge in [-0.2, -0.15) is 0 Å². The van der Waals surface area contributed by atoms with E-state index in [-0.39, 0.29) is 28.6 Å². The molecule has 1 amide bonds. The Hall–Kier alpha value is -3.29. The van der Waals surface area contributed by atoms with Gasteiger partial charge in [-0.25, -0.2) is 22.9 Å². The van der Waals surface area contributed by atoms with Crippen LogP contribution < -0.4 is 26.6 Å². The molecule has 0 aliphatic carbocycles. The van der Waals surface area contributed by atoms with Crippen LogP contribution in [0, 0.1) is 12.8 Å². The summed E-state index contributed by atoms with van der Waals surface area (Å²) in [7, 11) is -3.71. The van der Waals surface area contributed by atoms with E-state index in [2.05, 4.69) is 30.3 Å². The number of nitrogens with one attached hydrogen (secondary N) is 5. The largest absolute Gasteiger partial charge is 0.338 e. The predicted molar refractivity (Wildman–Crippen MR) is 115 cm³/mol. The van der Waals surface area contributed by atoms with Crippen LogP contribution in [-0.4, -0.2) is 53.0 Å². The Labute approximate surface area is 182 Å². The molecular formula is C19H23N7O5S. The molecule has 0 bridgehead atoms. The van der Waals surface area contributed by atoms with Crippen LogP contribution >= 0.6 is 0 Å². The maximum Gasteiger partial charge on any atom is 0.327 e. The number of piperidine rings is 1. The van der Waals surface area contributed by atoms with Crippen molar-refractivity contribution in [3.05, 3.63) is 57.0 Å². The van der Waals surface area contributed by atoms with Crippen LogP contribution in [0.3, 0.4) is 0 Å². The molecule has 13 heteroatoms. The molecule has 3 aromatic rings. The number of aromatic amines is 2. The van der Waals surface area contributed by atoms with Gasteiger partial charge in [-0.15, -0.1) is 0 Å². The topological polar surface area (TPSA) is 171 Å². The molecule has 170 valence electrons. The predicted octanol–water partition coefficient (Wildman–Crippen LogP) is -1.25. The van der Waals surface area contributed by atoms with Gasteiger partial charge in [0.1, 0.15) is 5.65 Å². The molecule has 2 atom stereocenters. The highest BCUT2D eigenvalue weighted by Gasteiger charge is 2.30. The Bertz CT molecular complexity index is 1360. The lowest BCUT2D eigenvalue weighted by atomic mass is 9.95. The van der Waals surface area contributed by atoms with Crippen LogP contribution in [0.2, 0.25) is 0 Å². The van der Waals surface area contributed by atoms with Crippen LogP contribution in [0.5, 0.6) is 0 Å². The summed E-state index contributed by atoms with van der Waals surface area (Å²) >= 11 is 0. The minimum atomic E-state index is -3.71. The summed E-state index contributed by atoms with van der Waals surface area (Å²) in [4.78, 5) is 44.6. The molecule has 1 fully saturated rings. The number of carbonyl (C=O) groups excluding carboxylic acids is 1. The number of nitrogens with zero attached hydrogens (tertiary/aromatic N) is 2. The van der Waals surface area contributed by atoms with E-state index in [4.69, 9.17) is 0 Å². The SMILES string of the molecule is Cc1ccc(S(=O)(=O)N[C@H]2CNC[C@@H](C(=O)NCn3cnc4c(=O)[nH]c(=O)[nH]c43)C2)cc1. The highest BCUT2D eigenvalue weighted by Crippen LogP contribution is 2.16. The van der Waals surface area contributed by atoms with Crippen molar-refractivity contribution in [1.82, 2.24) is 34.9 Å². The quantitative estimate of drug-likeness (QED) is 0.305. The lowest BCUT2D eigenvalue weighted by Crippen LogP contribution is -2.52. The lowest BCUT2D eigenvalue weighted by molar-refractivity contribution is -0.126. The third-order valence-corrected chi connectivity index (χ3v) is 6.85. The molecule has 0 saturated carbocycles. The molecule has 0 unspecified atom stereocenters. The van der Waals surface area contributed by atoms with E-state index in [0.717, 1.165) is 5.56 Å². The van der Waals surface area contributed by atoms with Crippen molar-refractivity contribution in [2.45, 2.75) is 31.0 Å². The first-order valence-corrected chi connectivity index (χ1v) is 11.5. The molecule has 3 heterocycles. The minimum Gasteiger partial charge on any atom is -0.338 e. The Morgan fingerprint density at radius 3 is 2.69 bits per heavy atom. The van der Waals surface area contributed by atoms with E-state index >= 15 is 0 Å². The number of amides is 1. The summed E-state index contributed by atoms with van der Waals surface area (Å²) in [6.07, 6.45) is 1.67. The number of rotatable bonds is 6. The van der Waals surface area contributed by atoms with E-state index in [1.165, 1.54) is 10.9 Å². The first-order valence-electron chi connectivity index (χ1n) is 9.98. The fourth-order valence-corrected chi connectivity index (χ4v) is 4.89. The minimum absolute atomic E-state index is 0.00894. The van der Waals surface area contributed by atoms with E-state index in [1.54, 1.807) is 24.3 Å². The summed E-state index contributed by atoms with van der Waals surface area (Å²) in [5, 5.41) is 5.83. The van der Waals surface area contributed by atoms with Gasteiger partial charge in [0, 0.05) is 19.1 Å². The number of H-pyrrole nitrogens is 2.